The number of methoxy groups -OCH3 is 3. The Hall–Kier alpha value is -3.55. The molecule has 8 heteroatoms. The zero-order chi connectivity index (χ0) is 20.5. The quantitative estimate of drug-likeness (QED) is 0.534. The summed E-state index contributed by atoms with van der Waals surface area (Å²) in [5.74, 6) is 0.737. The molecule has 8 nitrogen and oxygen atoms in total. The smallest absolute Gasteiger partial charge is 0.259 e. The third kappa shape index (κ3) is 5.23. The lowest BCUT2D eigenvalue weighted by molar-refractivity contribution is -0.120. The number of nitrogens with zero attached hydrogens (tertiary/aromatic N) is 1. The molecule has 0 aliphatic rings. The number of hydrazone groups is 1. The molecule has 0 aromatic heterocycles. The van der Waals surface area contributed by atoms with Crippen molar-refractivity contribution in [1.29, 1.82) is 0 Å². The maximum Gasteiger partial charge on any atom is 0.259 e. The molecule has 2 aromatic rings. The van der Waals surface area contributed by atoms with Crippen LogP contribution in [0.25, 0.3) is 0 Å². The van der Waals surface area contributed by atoms with E-state index in [9.17, 15) is 9.59 Å². The minimum Gasteiger partial charge on any atom is -0.496 e. The van der Waals surface area contributed by atoms with Gasteiger partial charge in [-0.15, -0.1) is 0 Å². The van der Waals surface area contributed by atoms with Gasteiger partial charge in [-0.2, -0.15) is 5.10 Å². The highest BCUT2D eigenvalue weighted by Gasteiger charge is 2.11. The van der Waals surface area contributed by atoms with Gasteiger partial charge in [0.1, 0.15) is 5.75 Å². The van der Waals surface area contributed by atoms with Crippen molar-refractivity contribution in [2.45, 2.75) is 6.92 Å². The third-order valence-electron chi connectivity index (χ3n) is 3.93. The number of hydrogen-bond donors (Lipinski definition) is 2. The van der Waals surface area contributed by atoms with Gasteiger partial charge in [0.2, 0.25) is 0 Å². The Morgan fingerprint density at radius 1 is 1.00 bits per heavy atom. The van der Waals surface area contributed by atoms with Gasteiger partial charge in [-0.05, 0) is 24.6 Å². The van der Waals surface area contributed by atoms with Gasteiger partial charge in [0, 0.05) is 17.2 Å². The van der Waals surface area contributed by atoms with Crippen molar-refractivity contribution in [3.63, 3.8) is 0 Å². The molecular formula is C20H23N3O5. The van der Waals surface area contributed by atoms with Crippen LogP contribution < -0.4 is 25.0 Å². The summed E-state index contributed by atoms with van der Waals surface area (Å²) >= 11 is 0. The average molecular weight is 385 g/mol. The Labute approximate surface area is 163 Å². The summed E-state index contributed by atoms with van der Waals surface area (Å²) in [6.45, 7) is 1.63. The van der Waals surface area contributed by atoms with E-state index in [0.29, 0.717) is 28.4 Å². The van der Waals surface area contributed by atoms with E-state index >= 15 is 0 Å². The van der Waals surface area contributed by atoms with E-state index in [4.69, 9.17) is 14.2 Å². The molecule has 148 valence electrons. The molecule has 0 saturated heterocycles. The van der Waals surface area contributed by atoms with Gasteiger partial charge < -0.3 is 19.5 Å². The Morgan fingerprint density at radius 2 is 1.64 bits per heavy atom. The van der Waals surface area contributed by atoms with Crippen molar-refractivity contribution in [1.82, 2.24) is 10.7 Å². The summed E-state index contributed by atoms with van der Waals surface area (Å²) in [7, 11) is 4.55. The molecule has 0 atom stereocenters. The average Bonchev–Trinajstić information content (AvgIpc) is 2.71. The molecule has 2 N–H and O–H groups in total. The van der Waals surface area contributed by atoms with Gasteiger partial charge in [-0.1, -0.05) is 18.2 Å². The van der Waals surface area contributed by atoms with E-state index in [1.807, 2.05) is 19.1 Å². The van der Waals surface area contributed by atoms with E-state index in [2.05, 4.69) is 15.8 Å². The van der Waals surface area contributed by atoms with E-state index in [0.717, 1.165) is 5.56 Å². The lowest BCUT2D eigenvalue weighted by Gasteiger charge is -2.11. The molecule has 0 aliphatic carbocycles. The second kappa shape index (κ2) is 9.96. The van der Waals surface area contributed by atoms with Crippen molar-refractivity contribution >= 4 is 18.0 Å². The molecule has 0 radical (unpaired) electrons. The number of aryl methyl sites for hydroxylation is 1. The van der Waals surface area contributed by atoms with Crippen molar-refractivity contribution in [3.8, 4) is 17.2 Å². The molecule has 2 aromatic carbocycles. The summed E-state index contributed by atoms with van der Waals surface area (Å²) in [6, 6.07) is 10.5. The van der Waals surface area contributed by atoms with Crippen molar-refractivity contribution < 1.29 is 23.8 Å². The first kappa shape index (κ1) is 20.8. The minimum absolute atomic E-state index is 0.201. The van der Waals surface area contributed by atoms with Crippen LogP contribution in [0.2, 0.25) is 0 Å². The molecule has 28 heavy (non-hydrogen) atoms. The Balaban J connectivity index is 1.96. The Morgan fingerprint density at radius 3 is 2.29 bits per heavy atom. The van der Waals surface area contributed by atoms with Crippen LogP contribution in [0.5, 0.6) is 17.2 Å². The fraction of sp³-hybridized carbons (Fsp3) is 0.250. The van der Waals surface area contributed by atoms with Gasteiger partial charge in [-0.3, -0.25) is 9.59 Å². The molecule has 0 saturated carbocycles. The van der Waals surface area contributed by atoms with Crippen LogP contribution in [0.3, 0.4) is 0 Å². The zero-order valence-corrected chi connectivity index (χ0v) is 16.2. The molecule has 0 heterocycles. The van der Waals surface area contributed by atoms with Crippen LogP contribution in [-0.2, 0) is 4.79 Å². The maximum absolute atomic E-state index is 12.1. The minimum atomic E-state index is -0.461. The molecule has 0 fully saturated rings. The Kier molecular flexibility index (Phi) is 7.38. The normalized spacial score (nSPS) is 10.4. The van der Waals surface area contributed by atoms with Crippen molar-refractivity contribution in [2.75, 3.05) is 27.9 Å². The van der Waals surface area contributed by atoms with Crippen LogP contribution in [0, 0.1) is 6.92 Å². The largest absolute Gasteiger partial charge is 0.496 e. The second-order valence-electron chi connectivity index (χ2n) is 5.74. The number of hydrogen-bond acceptors (Lipinski definition) is 6. The summed E-state index contributed by atoms with van der Waals surface area (Å²) < 4.78 is 15.7. The molecule has 0 unspecified atom stereocenters. The van der Waals surface area contributed by atoms with Crippen LogP contribution in [0.15, 0.2) is 41.5 Å². The van der Waals surface area contributed by atoms with Crippen molar-refractivity contribution in [3.05, 3.63) is 53.1 Å². The van der Waals surface area contributed by atoms with Gasteiger partial charge in [-0.25, -0.2) is 5.43 Å². The highest BCUT2D eigenvalue weighted by Crippen LogP contribution is 2.33. The van der Waals surface area contributed by atoms with E-state index in [-0.39, 0.29) is 12.5 Å². The fourth-order valence-corrected chi connectivity index (χ4v) is 2.45. The molecule has 0 bridgehead atoms. The lowest BCUT2D eigenvalue weighted by atomic mass is 10.1. The lowest BCUT2D eigenvalue weighted by Crippen LogP contribution is -2.35. The maximum atomic E-state index is 12.1. The van der Waals surface area contributed by atoms with Gasteiger partial charge in [0.15, 0.2) is 11.5 Å². The predicted molar refractivity (Wildman–Crippen MR) is 105 cm³/mol. The highest BCUT2D eigenvalue weighted by atomic mass is 16.5. The fourth-order valence-electron chi connectivity index (χ4n) is 2.45. The summed E-state index contributed by atoms with van der Waals surface area (Å²) in [4.78, 5) is 24.0. The van der Waals surface area contributed by atoms with Crippen molar-refractivity contribution in [2.24, 2.45) is 5.10 Å². The van der Waals surface area contributed by atoms with Gasteiger partial charge in [0.25, 0.3) is 11.8 Å². The first-order valence-electron chi connectivity index (χ1n) is 8.46. The Bertz CT molecular complexity index is 880. The summed E-state index contributed by atoms with van der Waals surface area (Å²) in [6.07, 6.45) is 1.42. The van der Waals surface area contributed by atoms with Crippen LogP contribution >= 0.6 is 0 Å². The molecule has 0 spiro atoms. The number of carbonyl (C=O) groups excluding carboxylic acids is 2. The number of benzene rings is 2. The van der Waals surface area contributed by atoms with Crippen LogP contribution in [0.4, 0.5) is 0 Å². The first-order valence-corrected chi connectivity index (χ1v) is 8.46. The van der Waals surface area contributed by atoms with Gasteiger partial charge in [0.05, 0.1) is 34.1 Å². The van der Waals surface area contributed by atoms with Crippen LogP contribution in [0.1, 0.15) is 21.5 Å². The number of nitrogens with one attached hydrogen (secondary N) is 2. The molecule has 2 rings (SSSR count). The predicted octanol–water partition coefficient (Wildman–Crippen LogP) is 1.90. The third-order valence-corrected chi connectivity index (χ3v) is 3.93. The van der Waals surface area contributed by atoms with Crippen LogP contribution in [-0.4, -0.2) is 45.9 Å². The van der Waals surface area contributed by atoms with E-state index < -0.39 is 5.91 Å². The second-order valence-corrected chi connectivity index (χ2v) is 5.74. The number of amides is 2. The topological polar surface area (TPSA) is 98.2 Å². The number of carbonyl (C=O) groups is 2. The zero-order valence-electron chi connectivity index (χ0n) is 16.2. The summed E-state index contributed by atoms with van der Waals surface area (Å²) in [5.41, 5.74) is 4.30. The molecular weight excluding hydrogens is 362 g/mol. The highest BCUT2D eigenvalue weighted by molar-refractivity contribution is 5.97. The number of ether oxygens (including phenoxy) is 3. The van der Waals surface area contributed by atoms with E-state index in [1.54, 1.807) is 24.3 Å². The first-order chi connectivity index (χ1) is 13.5. The monoisotopic (exact) mass is 385 g/mol. The van der Waals surface area contributed by atoms with E-state index in [1.165, 1.54) is 27.5 Å². The van der Waals surface area contributed by atoms with Gasteiger partial charge >= 0.3 is 0 Å². The SMILES string of the molecule is COc1cc(OC)c(OC)cc1/C=N\NC(=O)CNC(=O)c1ccccc1C. The summed E-state index contributed by atoms with van der Waals surface area (Å²) in [5, 5.41) is 6.46. The standard InChI is InChI=1S/C20H23N3O5/c1-13-7-5-6-8-15(13)20(25)21-12-19(24)23-22-11-14-9-17(27-3)18(28-4)10-16(14)26-2/h5-11H,12H2,1-4H3,(H,21,25)(H,23,24)/b22-11-. The molecule has 2 amide bonds. The number of rotatable bonds is 8. The molecule has 0 aliphatic heterocycles.